The molecule has 0 aromatic carbocycles. The van der Waals surface area contributed by atoms with E-state index in [4.69, 9.17) is 5.73 Å². The zero-order chi connectivity index (χ0) is 24.4. The van der Waals surface area contributed by atoms with Crippen molar-refractivity contribution in [3.63, 3.8) is 0 Å². The average molecular weight is 485 g/mol. The molecule has 3 rings (SSSR count). The van der Waals surface area contributed by atoms with Gasteiger partial charge in [-0.1, -0.05) is 44.2 Å². The van der Waals surface area contributed by atoms with Crippen molar-refractivity contribution in [1.29, 1.82) is 0 Å². The van der Waals surface area contributed by atoms with Crippen molar-refractivity contribution < 1.29 is 13.2 Å². The number of hydrogen-bond acceptors (Lipinski definition) is 8. The Morgan fingerprint density at radius 1 is 1.12 bits per heavy atom. The van der Waals surface area contributed by atoms with Crippen molar-refractivity contribution in [3.05, 3.63) is 29.2 Å². The molecule has 0 spiro atoms. The van der Waals surface area contributed by atoms with E-state index in [2.05, 4.69) is 38.1 Å². The largest absolute Gasteiger partial charge is 0.433 e. The summed E-state index contributed by atoms with van der Waals surface area (Å²) in [7, 11) is 1.83. The van der Waals surface area contributed by atoms with Gasteiger partial charge in [-0.25, -0.2) is 9.97 Å². The van der Waals surface area contributed by atoms with Gasteiger partial charge in [0.25, 0.3) is 0 Å². The van der Waals surface area contributed by atoms with E-state index >= 15 is 0 Å². The molecule has 1 fully saturated rings. The second-order valence-corrected chi connectivity index (χ2v) is 10.2. The lowest BCUT2D eigenvalue weighted by atomic mass is 9.95. The Bertz CT molecular complexity index is 956. The summed E-state index contributed by atoms with van der Waals surface area (Å²) >= 11 is 1.57. The first-order valence-corrected chi connectivity index (χ1v) is 11.7. The molecule has 0 unspecified atom stereocenters. The van der Waals surface area contributed by atoms with Crippen molar-refractivity contribution in [1.82, 2.24) is 29.6 Å². The monoisotopic (exact) mass is 484 g/mol. The smallest absolute Gasteiger partial charge is 0.368 e. The maximum absolute atomic E-state index is 13.4. The Balaban J connectivity index is 1.58. The van der Waals surface area contributed by atoms with Gasteiger partial charge in [-0.3, -0.25) is 9.47 Å². The van der Waals surface area contributed by atoms with Crippen LogP contribution in [0.5, 0.6) is 0 Å². The molecule has 1 saturated heterocycles. The summed E-state index contributed by atoms with van der Waals surface area (Å²) in [5, 5.41) is 8.66. The molecule has 3 heterocycles. The van der Waals surface area contributed by atoms with Crippen LogP contribution in [0, 0.1) is 0 Å². The van der Waals surface area contributed by atoms with Gasteiger partial charge in [0.1, 0.15) is 17.3 Å². The zero-order valence-corrected chi connectivity index (χ0v) is 20.5. The minimum absolute atomic E-state index is 0.204. The normalized spacial score (nSPS) is 16.5. The van der Waals surface area contributed by atoms with Crippen LogP contribution in [0.1, 0.15) is 39.2 Å². The molecule has 0 radical (unpaired) electrons. The number of hydrogen-bond donors (Lipinski definition) is 1. The lowest BCUT2D eigenvalue weighted by Crippen LogP contribution is -2.47. The molecule has 2 aromatic rings. The van der Waals surface area contributed by atoms with Crippen LogP contribution >= 0.6 is 11.8 Å². The van der Waals surface area contributed by atoms with Gasteiger partial charge in [-0.15, -0.1) is 10.2 Å². The highest BCUT2D eigenvalue weighted by molar-refractivity contribution is 7.99. The van der Waals surface area contributed by atoms with Crippen LogP contribution in [0.25, 0.3) is 0 Å². The molecule has 8 nitrogen and oxygen atoms in total. The number of nitrogens with zero attached hydrogens (tertiary/aromatic N) is 7. The van der Waals surface area contributed by atoms with E-state index in [1.807, 2.05) is 32.7 Å². The third kappa shape index (κ3) is 6.59. The van der Waals surface area contributed by atoms with Crippen molar-refractivity contribution in [2.75, 3.05) is 49.1 Å². The quantitative estimate of drug-likeness (QED) is 0.493. The molecule has 2 N–H and O–H groups in total. The second-order valence-electron chi connectivity index (χ2n) is 9.21. The number of thioether (sulfide) groups is 1. The summed E-state index contributed by atoms with van der Waals surface area (Å²) < 4.78 is 41.9. The van der Waals surface area contributed by atoms with Crippen LogP contribution in [-0.4, -0.2) is 68.1 Å². The minimum Gasteiger partial charge on any atom is -0.368 e. The molecular formula is C21H31F3N8S. The lowest BCUT2D eigenvalue weighted by Gasteiger charge is -2.35. The minimum atomic E-state index is -4.50. The number of rotatable bonds is 6. The maximum atomic E-state index is 13.4. The standard InChI is InChI=1S/C21H31F3N8S/c1-14(13-33-19-29-28-18(25)30(19)5)6-7-31-8-10-32(11-9-31)16-12-15(21(22,23)24)26-17(27-16)20(2,3)4/h6,12H,7-11,13H2,1-5H3,(H2,25,28). The molecule has 0 bridgehead atoms. The highest BCUT2D eigenvalue weighted by Crippen LogP contribution is 2.32. The van der Waals surface area contributed by atoms with Gasteiger partial charge in [-0.2, -0.15) is 13.2 Å². The fraction of sp³-hybridized carbons (Fsp3) is 0.619. The summed E-state index contributed by atoms with van der Waals surface area (Å²) in [5.41, 5.74) is 5.45. The number of aromatic nitrogens is 5. The fourth-order valence-corrected chi connectivity index (χ4v) is 4.07. The van der Waals surface area contributed by atoms with Crippen LogP contribution in [-0.2, 0) is 18.6 Å². The van der Waals surface area contributed by atoms with E-state index < -0.39 is 17.3 Å². The van der Waals surface area contributed by atoms with Gasteiger partial charge in [0.05, 0.1) is 0 Å². The number of halogens is 3. The van der Waals surface area contributed by atoms with Crippen LogP contribution < -0.4 is 10.6 Å². The number of nitrogen functional groups attached to an aromatic ring is 1. The first kappa shape index (κ1) is 25.3. The fourth-order valence-electron chi connectivity index (χ4n) is 3.21. The van der Waals surface area contributed by atoms with E-state index in [9.17, 15) is 13.2 Å². The van der Waals surface area contributed by atoms with Crippen molar-refractivity contribution in [2.45, 2.75) is 44.4 Å². The number of alkyl halides is 3. The van der Waals surface area contributed by atoms with Crippen molar-refractivity contribution >= 4 is 23.5 Å². The van der Waals surface area contributed by atoms with E-state index in [-0.39, 0.29) is 5.82 Å². The Kier molecular flexibility index (Phi) is 7.57. The predicted molar refractivity (Wildman–Crippen MR) is 124 cm³/mol. The number of nitrogens with two attached hydrogens (primary N) is 1. The topological polar surface area (TPSA) is 89.0 Å². The van der Waals surface area contributed by atoms with Gasteiger partial charge in [0.15, 0.2) is 5.16 Å². The zero-order valence-electron chi connectivity index (χ0n) is 19.6. The summed E-state index contributed by atoms with van der Waals surface area (Å²) in [4.78, 5) is 12.4. The van der Waals surface area contributed by atoms with Gasteiger partial charge < -0.3 is 10.6 Å². The third-order valence-electron chi connectivity index (χ3n) is 5.37. The molecule has 1 aliphatic rings. The molecule has 33 heavy (non-hydrogen) atoms. The Hall–Kier alpha value is -2.34. The lowest BCUT2D eigenvalue weighted by molar-refractivity contribution is -0.141. The van der Waals surface area contributed by atoms with Gasteiger partial charge >= 0.3 is 6.18 Å². The summed E-state index contributed by atoms with van der Waals surface area (Å²) in [6, 6.07) is 1.06. The van der Waals surface area contributed by atoms with E-state index in [0.717, 1.165) is 36.6 Å². The average Bonchev–Trinajstić information content (AvgIpc) is 3.07. The predicted octanol–water partition coefficient (Wildman–Crippen LogP) is 3.36. The van der Waals surface area contributed by atoms with E-state index in [0.29, 0.717) is 24.9 Å². The number of anilines is 2. The molecule has 0 amide bonds. The molecule has 2 aromatic heterocycles. The molecule has 12 heteroatoms. The Morgan fingerprint density at radius 3 is 2.33 bits per heavy atom. The molecule has 0 atom stereocenters. The van der Waals surface area contributed by atoms with Crippen LogP contribution in [0.15, 0.2) is 22.9 Å². The molecule has 182 valence electrons. The van der Waals surface area contributed by atoms with E-state index in [1.54, 1.807) is 16.3 Å². The third-order valence-corrected chi connectivity index (χ3v) is 6.58. The first-order valence-electron chi connectivity index (χ1n) is 10.7. The highest BCUT2D eigenvalue weighted by Gasteiger charge is 2.35. The summed E-state index contributed by atoms with van der Waals surface area (Å²) in [6.45, 7) is 11.0. The molecule has 0 aliphatic carbocycles. The van der Waals surface area contributed by atoms with Gasteiger partial charge in [-0.05, 0) is 6.92 Å². The SMILES string of the molecule is CC(=CCN1CCN(c2cc(C(F)(F)F)nc(C(C)(C)C)n2)CC1)CSc1nnc(N)n1C. The molecule has 0 saturated carbocycles. The van der Waals surface area contributed by atoms with Gasteiger partial charge in [0.2, 0.25) is 5.95 Å². The number of piperazine rings is 1. The van der Waals surface area contributed by atoms with E-state index in [1.165, 1.54) is 5.57 Å². The second kappa shape index (κ2) is 9.88. The van der Waals surface area contributed by atoms with Crippen molar-refractivity contribution in [3.8, 4) is 0 Å². The maximum Gasteiger partial charge on any atom is 0.433 e. The summed E-state index contributed by atoms with van der Waals surface area (Å²) in [5.74, 6) is 1.71. The van der Waals surface area contributed by atoms with Crippen molar-refractivity contribution in [2.24, 2.45) is 7.05 Å². The summed E-state index contributed by atoms with van der Waals surface area (Å²) in [6.07, 6.45) is -2.33. The highest BCUT2D eigenvalue weighted by atomic mass is 32.2. The Labute approximate surface area is 196 Å². The van der Waals surface area contributed by atoms with Gasteiger partial charge in [0, 0.05) is 57.0 Å². The first-order chi connectivity index (χ1) is 15.3. The molecular weight excluding hydrogens is 453 g/mol. The Morgan fingerprint density at radius 2 is 1.79 bits per heavy atom. The van der Waals surface area contributed by atoms with Crippen LogP contribution in [0.2, 0.25) is 0 Å². The van der Waals surface area contributed by atoms with Crippen LogP contribution in [0.3, 0.4) is 0 Å². The molecule has 1 aliphatic heterocycles. The van der Waals surface area contributed by atoms with Crippen LogP contribution in [0.4, 0.5) is 24.9 Å².